The van der Waals surface area contributed by atoms with Crippen LogP contribution in [0.15, 0.2) is 91.0 Å². The Labute approximate surface area is 396 Å². The minimum absolute atomic E-state index is 0. The van der Waals surface area contributed by atoms with Crippen molar-refractivity contribution >= 4 is 24.4 Å². The minimum Gasteiger partial charge on any atom is -0.486 e. The number of aliphatic hydroxyl groups excluding tert-OH is 2. The first-order valence-corrected chi connectivity index (χ1v) is 23.0. The molecule has 7 N–H and O–H groups in total. The highest BCUT2D eigenvalue weighted by molar-refractivity contribution is 5.79. The van der Waals surface area contributed by atoms with Crippen molar-refractivity contribution in [1.29, 1.82) is 0 Å². The number of amides is 2. The lowest BCUT2D eigenvalue weighted by Crippen LogP contribution is -2.47. The molecule has 0 aromatic heterocycles. The molecule has 0 bridgehead atoms. The molecule has 9 rings (SSSR count). The highest BCUT2D eigenvalue weighted by Gasteiger charge is 2.31. The second kappa shape index (κ2) is 27.5. The summed E-state index contributed by atoms with van der Waals surface area (Å²) in [5.41, 5.74) is 5.13. The molecular formula is C51H64N4O13. The van der Waals surface area contributed by atoms with Gasteiger partial charge in [0, 0.05) is 19.5 Å². The van der Waals surface area contributed by atoms with Gasteiger partial charge in [-0.05, 0) is 123 Å². The molecule has 17 heteroatoms. The Morgan fingerprint density at radius 2 is 1.03 bits per heavy atom. The van der Waals surface area contributed by atoms with Gasteiger partial charge < -0.3 is 60.2 Å². The third-order valence-corrected chi connectivity index (χ3v) is 12.4. The highest BCUT2D eigenvalue weighted by atomic mass is 16.6. The lowest BCUT2D eigenvalue weighted by atomic mass is 9.98. The Bertz CT molecular complexity index is 2200. The van der Waals surface area contributed by atoms with Crippen LogP contribution < -0.4 is 29.6 Å². The van der Waals surface area contributed by atoms with E-state index in [1.165, 1.54) is 24.0 Å². The predicted molar refractivity (Wildman–Crippen MR) is 249 cm³/mol. The predicted octanol–water partition coefficient (Wildman–Crippen LogP) is 3.48. The molecule has 4 atom stereocenters. The second-order valence-corrected chi connectivity index (χ2v) is 17.2. The summed E-state index contributed by atoms with van der Waals surface area (Å²) in [5, 5.41) is 35.5. The number of carbonyl (C=O) groups excluding carboxylic acids is 4. The summed E-state index contributed by atoms with van der Waals surface area (Å²) < 4.78 is 22.5. The molecule has 4 heterocycles. The van der Waals surface area contributed by atoms with Gasteiger partial charge in [-0.1, -0.05) is 66.7 Å². The molecule has 4 aromatic carbocycles. The van der Waals surface area contributed by atoms with E-state index >= 15 is 0 Å². The topological polar surface area (TPSA) is 245 Å². The molecule has 0 radical (unpaired) electrons. The van der Waals surface area contributed by atoms with Crippen LogP contribution in [0.25, 0.3) is 0 Å². The van der Waals surface area contributed by atoms with Crippen LogP contribution in [0.2, 0.25) is 0 Å². The molecule has 5 aliphatic rings. The zero-order chi connectivity index (χ0) is 47.4. The van der Waals surface area contributed by atoms with Gasteiger partial charge in [0.1, 0.15) is 38.6 Å². The van der Waals surface area contributed by atoms with Crippen LogP contribution >= 0.6 is 0 Å². The Kier molecular flexibility index (Phi) is 21.3. The number of ether oxygens (including phenoxy) is 4. The van der Waals surface area contributed by atoms with Gasteiger partial charge in [0.25, 0.3) is 6.47 Å². The van der Waals surface area contributed by atoms with Gasteiger partial charge in [-0.15, -0.1) is 0 Å². The fraction of sp³-hybridized carbons (Fsp3) is 0.451. The summed E-state index contributed by atoms with van der Waals surface area (Å²) in [7, 11) is 0. The van der Waals surface area contributed by atoms with E-state index in [9.17, 15) is 19.8 Å². The number of hydrogen-bond acceptors (Lipinski definition) is 13. The number of aliphatic hydroxyl groups is 2. The van der Waals surface area contributed by atoms with Crippen molar-refractivity contribution < 1.29 is 63.7 Å². The van der Waals surface area contributed by atoms with Crippen molar-refractivity contribution in [3.05, 3.63) is 119 Å². The summed E-state index contributed by atoms with van der Waals surface area (Å²) in [5.74, 6) is 2.95. The molecule has 0 spiro atoms. The Morgan fingerprint density at radius 1 is 0.632 bits per heavy atom. The van der Waals surface area contributed by atoms with E-state index in [1.54, 1.807) is 0 Å². The maximum absolute atomic E-state index is 13.0. The summed E-state index contributed by atoms with van der Waals surface area (Å²) in [6, 6.07) is 28.4. The van der Waals surface area contributed by atoms with Gasteiger partial charge >= 0.3 is 6.15 Å². The summed E-state index contributed by atoms with van der Waals surface area (Å²) >= 11 is 0. The van der Waals surface area contributed by atoms with Gasteiger partial charge in [0.15, 0.2) is 23.0 Å². The first kappa shape index (κ1) is 52.6. The fourth-order valence-corrected chi connectivity index (χ4v) is 9.25. The SMILES string of the molecule is O.O=C(CC1Cc2ccccc2C1)N[C@H](CN1CCCC1)[C@H](O)c1ccc2c(c1)OCCO2.O=C(Cc1ccccc1)N[C@H](CN1CCCC1)[C@H](O)c1ccc2c(c1)OCCO2.O=C=O.O=CO. The van der Waals surface area contributed by atoms with Crippen molar-refractivity contribution in [2.24, 2.45) is 5.92 Å². The van der Waals surface area contributed by atoms with E-state index in [0.29, 0.717) is 81.3 Å². The van der Waals surface area contributed by atoms with Crippen LogP contribution in [0.3, 0.4) is 0 Å². The summed E-state index contributed by atoms with van der Waals surface area (Å²) in [6.07, 6.45) is 5.94. The molecule has 2 amide bonds. The monoisotopic (exact) mass is 940 g/mol. The van der Waals surface area contributed by atoms with E-state index in [2.05, 4.69) is 44.7 Å². The van der Waals surface area contributed by atoms with Crippen molar-refractivity contribution in [2.75, 3.05) is 65.7 Å². The Morgan fingerprint density at radius 3 is 1.47 bits per heavy atom. The highest BCUT2D eigenvalue weighted by Crippen LogP contribution is 2.35. The Hall–Kier alpha value is -6.33. The molecule has 4 aromatic rings. The average molecular weight is 941 g/mol. The summed E-state index contributed by atoms with van der Waals surface area (Å²) in [6.45, 7) is 7.11. The number of nitrogens with one attached hydrogen (secondary N) is 2. The molecule has 1 aliphatic carbocycles. The minimum atomic E-state index is -0.828. The quantitative estimate of drug-likeness (QED) is 0.114. The largest absolute Gasteiger partial charge is 0.486 e. The van der Waals surface area contributed by atoms with Crippen LogP contribution in [0.1, 0.15) is 72.1 Å². The van der Waals surface area contributed by atoms with Crippen molar-refractivity contribution in [1.82, 2.24) is 20.4 Å². The smallest absolute Gasteiger partial charge is 0.373 e. The molecule has 366 valence electrons. The first-order valence-electron chi connectivity index (χ1n) is 23.0. The molecule has 2 fully saturated rings. The molecule has 0 unspecified atom stereocenters. The molecule has 4 aliphatic heterocycles. The number of hydrogen-bond donors (Lipinski definition) is 5. The van der Waals surface area contributed by atoms with Crippen LogP contribution in [0.5, 0.6) is 23.0 Å². The van der Waals surface area contributed by atoms with Gasteiger partial charge in [0.05, 0.1) is 18.5 Å². The molecule has 17 nitrogen and oxygen atoms in total. The number of benzene rings is 4. The summed E-state index contributed by atoms with van der Waals surface area (Å²) in [4.78, 5) is 54.9. The van der Waals surface area contributed by atoms with E-state index in [4.69, 9.17) is 38.4 Å². The van der Waals surface area contributed by atoms with Gasteiger partial charge in [-0.25, -0.2) is 0 Å². The maximum atomic E-state index is 13.0. The number of carboxylic acid groups (broad SMARTS) is 1. The van der Waals surface area contributed by atoms with Crippen molar-refractivity contribution in [3.63, 3.8) is 0 Å². The zero-order valence-electron chi connectivity index (χ0n) is 38.3. The van der Waals surface area contributed by atoms with Gasteiger partial charge in [0.2, 0.25) is 11.8 Å². The lowest BCUT2D eigenvalue weighted by Gasteiger charge is -2.29. The normalized spacial score (nSPS) is 17.5. The average Bonchev–Trinajstić information content (AvgIpc) is 4.15. The Balaban J connectivity index is 0.000000226. The van der Waals surface area contributed by atoms with E-state index in [1.807, 2.05) is 66.7 Å². The van der Waals surface area contributed by atoms with Crippen molar-refractivity contribution in [2.45, 2.75) is 75.7 Å². The number of fused-ring (bicyclic) bond motifs is 3. The van der Waals surface area contributed by atoms with Crippen molar-refractivity contribution in [3.8, 4) is 23.0 Å². The third kappa shape index (κ3) is 15.6. The zero-order valence-corrected chi connectivity index (χ0v) is 38.3. The number of likely N-dealkylation sites (tertiary alicyclic amines) is 2. The van der Waals surface area contributed by atoms with E-state index < -0.39 is 18.2 Å². The van der Waals surface area contributed by atoms with Crippen LogP contribution in [-0.4, -0.2) is 133 Å². The van der Waals surface area contributed by atoms with Gasteiger partial charge in [-0.3, -0.25) is 14.4 Å². The number of rotatable bonds is 14. The second-order valence-electron chi connectivity index (χ2n) is 17.2. The standard InChI is InChI=1S/C26H32N2O4.C23H28N2O4.CH2O2.CO2.H2O/c29-25(15-18-13-19-5-1-2-6-20(19)14-18)27-22(17-28-9-3-4-10-28)26(30)21-7-8-23-24(16-21)32-12-11-31-23;26-22(14-17-6-2-1-3-7-17)24-19(16-25-10-4-5-11-25)23(27)18-8-9-20-21(15-18)29-13-12-28-20;2*2-1-3;/h1-2,5-8,16,18,22,26,30H,3-4,9-15,17H2,(H,27,29);1-3,6-9,15,19,23,27H,4-5,10-14,16H2,(H,24,26);1H,(H,2,3);;1H2/t22-,26-;19-,23-;;;/m11.../s1. The molecular weight excluding hydrogens is 877 g/mol. The van der Waals surface area contributed by atoms with Crippen LogP contribution in [0.4, 0.5) is 0 Å². The fourth-order valence-electron chi connectivity index (χ4n) is 9.25. The third-order valence-electron chi connectivity index (χ3n) is 12.4. The van der Waals surface area contributed by atoms with Gasteiger partial charge in [-0.2, -0.15) is 9.59 Å². The van der Waals surface area contributed by atoms with E-state index in [-0.39, 0.29) is 36.0 Å². The number of nitrogens with zero attached hydrogens (tertiary/aromatic N) is 2. The number of carbonyl (C=O) groups is 3. The first-order chi connectivity index (χ1) is 32.7. The maximum Gasteiger partial charge on any atom is 0.373 e. The molecule has 2 saturated heterocycles. The molecule has 68 heavy (non-hydrogen) atoms. The van der Waals surface area contributed by atoms with Crippen LogP contribution in [0, 0.1) is 5.92 Å². The lowest BCUT2D eigenvalue weighted by molar-refractivity contribution is -0.191. The molecule has 0 saturated carbocycles. The van der Waals surface area contributed by atoms with E-state index in [0.717, 1.165) is 68.6 Å². The van der Waals surface area contributed by atoms with Crippen LogP contribution in [-0.2, 0) is 43.2 Å².